The number of H-pyrrole nitrogens is 1. The second kappa shape index (κ2) is 6.95. The van der Waals surface area contributed by atoms with Crippen LogP contribution in [0.4, 0.5) is 0 Å². The Kier molecular flexibility index (Phi) is 4.76. The molecule has 3 rings (SSSR count). The van der Waals surface area contributed by atoms with Gasteiger partial charge in [-0.1, -0.05) is 18.5 Å². The molecule has 7 heteroatoms. The van der Waals surface area contributed by atoms with Crippen molar-refractivity contribution in [2.75, 3.05) is 13.2 Å². The summed E-state index contributed by atoms with van der Waals surface area (Å²) in [5.41, 5.74) is 2.36. The molecule has 2 atom stereocenters. The van der Waals surface area contributed by atoms with Crippen LogP contribution in [-0.4, -0.2) is 40.5 Å². The van der Waals surface area contributed by atoms with Crippen LogP contribution in [0.2, 0.25) is 0 Å². The number of nitrogens with zero attached hydrogens (tertiary/aromatic N) is 2. The van der Waals surface area contributed by atoms with Gasteiger partial charge in [-0.2, -0.15) is 5.10 Å². The first-order valence-corrected chi connectivity index (χ1v) is 8.00. The highest BCUT2D eigenvalue weighted by Crippen LogP contribution is 2.20. The summed E-state index contributed by atoms with van der Waals surface area (Å²) in [5.74, 6) is 0.913. The highest BCUT2D eigenvalue weighted by Gasteiger charge is 2.31. The zero-order valence-corrected chi connectivity index (χ0v) is 13.5. The molecule has 0 spiro atoms. The lowest BCUT2D eigenvalue weighted by molar-refractivity contribution is 0.0923. The summed E-state index contributed by atoms with van der Waals surface area (Å²) in [6.45, 7) is 5.09. The average molecular weight is 318 g/mol. The van der Waals surface area contributed by atoms with Crippen LogP contribution in [0.1, 0.15) is 40.9 Å². The SMILES string of the molecule is CCCc1[nH]ncc1C(=O)N[C@H]1COC[C@H]1Cc1cc(C)no1. The Hall–Kier alpha value is -2.15. The molecule has 1 fully saturated rings. The maximum absolute atomic E-state index is 12.5. The van der Waals surface area contributed by atoms with Crippen molar-refractivity contribution in [3.63, 3.8) is 0 Å². The number of hydrogen-bond donors (Lipinski definition) is 2. The second-order valence-electron chi connectivity index (χ2n) is 6.03. The summed E-state index contributed by atoms with van der Waals surface area (Å²) >= 11 is 0. The Morgan fingerprint density at radius 2 is 2.35 bits per heavy atom. The molecule has 0 unspecified atom stereocenters. The average Bonchev–Trinajstić information content (AvgIpc) is 3.23. The monoisotopic (exact) mass is 318 g/mol. The first kappa shape index (κ1) is 15.7. The molecule has 1 amide bonds. The van der Waals surface area contributed by atoms with Crippen molar-refractivity contribution in [2.45, 2.75) is 39.2 Å². The third-order valence-electron chi connectivity index (χ3n) is 4.12. The molecular weight excluding hydrogens is 296 g/mol. The van der Waals surface area contributed by atoms with E-state index in [4.69, 9.17) is 9.26 Å². The van der Waals surface area contributed by atoms with Crippen molar-refractivity contribution >= 4 is 5.91 Å². The van der Waals surface area contributed by atoms with E-state index >= 15 is 0 Å². The van der Waals surface area contributed by atoms with Crippen LogP contribution in [0.5, 0.6) is 0 Å². The van der Waals surface area contributed by atoms with Gasteiger partial charge in [0, 0.05) is 24.1 Å². The molecule has 23 heavy (non-hydrogen) atoms. The topological polar surface area (TPSA) is 93.0 Å². The lowest BCUT2D eigenvalue weighted by atomic mass is 9.97. The van der Waals surface area contributed by atoms with E-state index in [1.54, 1.807) is 6.20 Å². The van der Waals surface area contributed by atoms with Crippen molar-refractivity contribution in [3.05, 3.63) is 35.0 Å². The summed E-state index contributed by atoms with van der Waals surface area (Å²) in [6, 6.07) is 1.89. The lowest BCUT2D eigenvalue weighted by Crippen LogP contribution is -2.40. The highest BCUT2D eigenvalue weighted by atomic mass is 16.5. The fourth-order valence-electron chi connectivity index (χ4n) is 2.93. The molecule has 0 saturated carbocycles. The summed E-state index contributed by atoms with van der Waals surface area (Å²) < 4.78 is 10.8. The number of carbonyl (C=O) groups excluding carboxylic acids is 1. The molecular formula is C16H22N4O3. The number of aryl methyl sites for hydroxylation is 2. The minimum absolute atomic E-state index is 0.0303. The molecule has 0 aromatic carbocycles. The highest BCUT2D eigenvalue weighted by molar-refractivity contribution is 5.95. The van der Waals surface area contributed by atoms with Crippen LogP contribution in [-0.2, 0) is 17.6 Å². The van der Waals surface area contributed by atoms with Gasteiger partial charge in [-0.05, 0) is 13.3 Å². The van der Waals surface area contributed by atoms with Crippen LogP contribution < -0.4 is 5.32 Å². The maximum atomic E-state index is 12.5. The molecule has 1 aliphatic heterocycles. The van der Waals surface area contributed by atoms with Gasteiger partial charge in [-0.25, -0.2) is 0 Å². The molecule has 0 aliphatic carbocycles. The first-order valence-electron chi connectivity index (χ1n) is 8.00. The third kappa shape index (κ3) is 3.61. The quantitative estimate of drug-likeness (QED) is 0.844. The Labute approximate surface area is 134 Å². The van der Waals surface area contributed by atoms with Crippen molar-refractivity contribution < 1.29 is 14.1 Å². The predicted molar refractivity (Wildman–Crippen MR) is 83.1 cm³/mol. The summed E-state index contributed by atoms with van der Waals surface area (Å²) in [6.07, 6.45) is 4.07. The molecule has 1 saturated heterocycles. The van der Waals surface area contributed by atoms with Gasteiger partial charge in [-0.3, -0.25) is 9.89 Å². The van der Waals surface area contributed by atoms with E-state index in [0.717, 1.165) is 30.0 Å². The van der Waals surface area contributed by atoms with Gasteiger partial charge in [0.15, 0.2) is 0 Å². The van der Waals surface area contributed by atoms with E-state index in [1.165, 1.54) is 0 Å². The number of ether oxygens (including phenoxy) is 1. The molecule has 2 aromatic rings. The molecule has 0 bridgehead atoms. The molecule has 3 heterocycles. The maximum Gasteiger partial charge on any atom is 0.255 e. The van der Waals surface area contributed by atoms with E-state index in [9.17, 15) is 4.79 Å². The van der Waals surface area contributed by atoms with Crippen LogP contribution in [0.3, 0.4) is 0 Å². The number of carbonyl (C=O) groups is 1. The zero-order valence-electron chi connectivity index (χ0n) is 13.5. The number of nitrogens with one attached hydrogen (secondary N) is 2. The molecule has 1 aliphatic rings. The molecule has 2 N–H and O–H groups in total. The summed E-state index contributed by atoms with van der Waals surface area (Å²) in [4.78, 5) is 12.5. The Bertz CT molecular complexity index is 664. The molecule has 7 nitrogen and oxygen atoms in total. The van der Waals surface area contributed by atoms with Gasteiger partial charge in [0.1, 0.15) is 5.76 Å². The number of aromatic nitrogens is 3. The fraction of sp³-hybridized carbons (Fsp3) is 0.562. The smallest absolute Gasteiger partial charge is 0.255 e. The number of aromatic amines is 1. The van der Waals surface area contributed by atoms with Crippen LogP contribution in [0.15, 0.2) is 16.8 Å². The number of amides is 1. The molecule has 2 aromatic heterocycles. The molecule has 0 radical (unpaired) electrons. The molecule has 124 valence electrons. The van der Waals surface area contributed by atoms with Crippen LogP contribution in [0, 0.1) is 12.8 Å². The number of hydrogen-bond acceptors (Lipinski definition) is 5. The van der Waals surface area contributed by atoms with Gasteiger partial charge in [0.05, 0.1) is 36.7 Å². The van der Waals surface area contributed by atoms with Gasteiger partial charge in [0.25, 0.3) is 5.91 Å². The second-order valence-corrected chi connectivity index (χ2v) is 6.03. The fourth-order valence-corrected chi connectivity index (χ4v) is 2.93. The zero-order chi connectivity index (χ0) is 16.2. The Balaban J connectivity index is 1.63. The minimum atomic E-state index is -0.101. The van der Waals surface area contributed by atoms with Crippen molar-refractivity contribution in [1.29, 1.82) is 0 Å². The van der Waals surface area contributed by atoms with Crippen LogP contribution >= 0.6 is 0 Å². The van der Waals surface area contributed by atoms with Gasteiger partial charge in [-0.15, -0.1) is 0 Å². The summed E-state index contributed by atoms with van der Waals surface area (Å²) in [5, 5.41) is 13.9. The van der Waals surface area contributed by atoms with Gasteiger partial charge >= 0.3 is 0 Å². The largest absolute Gasteiger partial charge is 0.379 e. The number of rotatable bonds is 6. The van der Waals surface area contributed by atoms with Gasteiger partial charge < -0.3 is 14.6 Å². The van der Waals surface area contributed by atoms with E-state index in [1.807, 2.05) is 13.0 Å². The van der Waals surface area contributed by atoms with E-state index < -0.39 is 0 Å². The third-order valence-corrected chi connectivity index (χ3v) is 4.12. The minimum Gasteiger partial charge on any atom is -0.379 e. The van der Waals surface area contributed by atoms with Crippen LogP contribution in [0.25, 0.3) is 0 Å². The van der Waals surface area contributed by atoms with E-state index in [-0.39, 0.29) is 17.9 Å². The Morgan fingerprint density at radius 1 is 1.48 bits per heavy atom. The van der Waals surface area contributed by atoms with Gasteiger partial charge in [0.2, 0.25) is 0 Å². The lowest BCUT2D eigenvalue weighted by Gasteiger charge is -2.18. The predicted octanol–water partition coefficient (Wildman–Crippen LogP) is 1.65. The van der Waals surface area contributed by atoms with Crippen molar-refractivity contribution in [1.82, 2.24) is 20.7 Å². The van der Waals surface area contributed by atoms with Crippen molar-refractivity contribution in [3.8, 4) is 0 Å². The standard InChI is InChI=1S/C16H22N4O3/c1-3-4-14-13(7-17-19-14)16(21)18-15-9-22-8-11(15)6-12-5-10(2)20-23-12/h5,7,11,15H,3-4,6,8-9H2,1-2H3,(H,17,19)(H,18,21)/t11-,15+/m1/s1. The van der Waals surface area contributed by atoms with Crippen molar-refractivity contribution in [2.24, 2.45) is 5.92 Å². The Morgan fingerprint density at radius 3 is 3.09 bits per heavy atom. The first-order chi connectivity index (χ1) is 11.2. The normalized spacial score (nSPS) is 20.8. The van der Waals surface area contributed by atoms with E-state index in [0.29, 0.717) is 25.2 Å². The summed E-state index contributed by atoms with van der Waals surface area (Å²) in [7, 11) is 0. The van der Waals surface area contributed by atoms with E-state index in [2.05, 4.69) is 27.6 Å².